The molecule has 1 N–H and O–H groups in total. The number of hydrogen-bond donors (Lipinski definition) is 1. The van der Waals surface area contributed by atoms with E-state index >= 15 is 0 Å². The molecule has 2 saturated heterocycles. The monoisotopic (exact) mass is 360 g/mol. The van der Waals surface area contributed by atoms with Gasteiger partial charge in [0.25, 0.3) is 0 Å². The lowest BCUT2D eigenvalue weighted by molar-refractivity contribution is -0.153. The van der Waals surface area contributed by atoms with Gasteiger partial charge in [-0.3, -0.25) is 9.69 Å². The molecule has 0 radical (unpaired) electrons. The molecule has 142 valence electrons. The van der Waals surface area contributed by atoms with Crippen molar-refractivity contribution in [1.82, 2.24) is 9.80 Å². The third-order valence-corrected chi connectivity index (χ3v) is 6.89. The van der Waals surface area contributed by atoms with Crippen LogP contribution in [-0.2, 0) is 11.3 Å². The summed E-state index contributed by atoms with van der Waals surface area (Å²) in [6, 6.07) is 5.24. The molecule has 26 heavy (non-hydrogen) atoms. The molecule has 1 aliphatic carbocycles. The van der Waals surface area contributed by atoms with E-state index in [-0.39, 0.29) is 23.6 Å². The number of amides is 1. The predicted molar refractivity (Wildman–Crippen MR) is 98.0 cm³/mol. The highest BCUT2D eigenvalue weighted by Gasteiger charge is 2.46. The van der Waals surface area contributed by atoms with Crippen LogP contribution in [-0.4, -0.2) is 52.6 Å². The molecule has 3 aliphatic rings. The molecule has 4 nitrogen and oxygen atoms in total. The first-order valence-electron chi connectivity index (χ1n) is 9.94. The fraction of sp³-hybridized carbons (Fsp3) is 0.667. The van der Waals surface area contributed by atoms with Crippen LogP contribution in [0.15, 0.2) is 18.2 Å². The Balaban J connectivity index is 1.43. The van der Waals surface area contributed by atoms with Gasteiger partial charge in [0, 0.05) is 44.6 Å². The van der Waals surface area contributed by atoms with E-state index in [4.69, 9.17) is 0 Å². The van der Waals surface area contributed by atoms with Gasteiger partial charge in [0.2, 0.25) is 5.91 Å². The van der Waals surface area contributed by atoms with Gasteiger partial charge in [0.05, 0.1) is 5.60 Å². The van der Waals surface area contributed by atoms with Crippen molar-refractivity contribution in [3.63, 3.8) is 0 Å². The van der Waals surface area contributed by atoms with Crippen molar-refractivity contribution in [3.05, 3.63) is 35.1 Å². The lowest BCUT2D eigenvalue weighted by atomic mass is 9.74. The third kappa shape index (κ3) is 3.27. The normalized spacial score (nSPS) is 30.0. The number of aliphatic hydroxyl groups is 1. The SMILES string of the molecule is Cc1c(F)cccc1CN1CC[C@@]2(O)CCN(C(=O)C3CCC3)C[C@H]2C1. The molecular formula is C21H29FN2O2. The minimum Gasteiger partial charge on any atom is -0.389 e. The van der Waals surface area contributed by atoms with Crippen LogP contribution in [0.4, 0.5) is 4.39 Å². The zero-order chi connectivity index (χ0) is 18.3. The van der Waals surface area contributed by atoms with Crippen molar-refractivity contribution < 1.29 is 14.3 Å². The summed E-state index contributed by atoms with van der Waals surface area (Å²) in [4.78, 5) is 16.9. The Hall–Kier alpha value is -1.46. The molecule has 0 unspecified atom stereocenters. The van der Waals surface area contributed by atoms with Crippen LogP contribution in [0.1, 0.15) is 43.2 Å². The Kier molecular flexibility index (Phi) is 4.78. The van der Waals surface area contributed by atoms with Gasteiger partial charge in [-0.25, -0.2) is 4.39 Å². The minimum absolute atomic E-state index is 0.0860. The molecule has 1 saturated carbocycles. The summed E-state index contributed by atoms with van der Waals surface area (Å²) in [6.45, 7) is 5.45. The highest BCUT2D eigenvalue weighted by molar-refractivity contribution is 5.79. The molecule has 0 bridgehead atoms. The van der Waals surface area contributed by atoms with Crippen LogP contribution in [0.25, 0.3) is 0 Å². The van der Waals surface area contributed by atoms with Gasteiger partial charge in [0.1, 0.15) is 5.82 Å². The Morgan fingerprint density at radius 1 is 1.27 bits per heavy atom. The van der Waals surface area contributed by atoms with Crippen LogP contribution in [0.3, 0.4) is 0 Å². The Bertz CT molecular complexity index is 691. The predicted octanol–water partition coefficient (Wildman–Crippen LogP) is 2.72. The van der Waals surface area contributed by atoms with Crippen molar-refractivity contribution in [2.24, 2.45) is 11.8 Å². The lowest BCUT2D eigenvalue weighted by Crippen LogP contribution is -2.61. The smallest absolute Gasteiger partial charge is 0.225 e. The molecule has 0 aromatic heterocycles. The number of halogens is 1. The quantitative estimate of drug-likeness (QED) is 0.901. The average molecular weight is 360 g/mol. The van der Waals surface area contributed by atoms with Crippen LogP contribution in [0.5, 0.6) is 0 Å². The topological polar surface area (TPSA) is 43.8 Å². The fourth-order valence-electron chi connectivity index (χ4n) is 4.69. The van der Waals surface area contributed by atoms with Gasteiger partial charge in [-0.2, -0.15) is 0 Å². The number of likely N-dealkylation sites (tertiary alicyclic amines) is 2. The fourth-order valence-corrected chi connectivity index (χ4v) is 4.69. The summed E-state index contributed by atoms with van der Waals surface area (Å²) in [6.07, 6.45) is 4.63. The maximum atomic E-state index is 13.8. The van der Waals surface area contributed by atoms with E-state index in [2.05, 4.69) is 4.90 Å². The molecule has 1 aromatic carbocycles. The van der Waals surface area contributed by atoms with Crippen LogP contribution in [0, 0.1) is 24.6 Å². The Labute approximate surface area is 155 Å². The molecule has 4 rings (SSSR count). The first-order chi connectivity index (χ1) is 12.5. The molecular weight excluding hydrogens is 331 g/mol. The molecule has 0 spiro atoms. The second-order valence-electron chi connectivity index (χ2n) is 8.47. The second-order valence-corrected chi connectivity index (χ2v) is 8.47. The largest absolute Gasteiger partial charge is 0.389 e. The standard InChI is InChI=1S/C21H29FN2O2/c1-15-17(6-3-7-19(15)22)12-23-10-8-21(26)9-11-24(14-18(21)13-23)20(25)16-4-2-5-16/h3,6-7,16,18,26H,2,4-5,8-14H2,1H3/t18-,21-/m1/s1. The van der Waals surface area contributed by atoms with Crippen LogP contribution in [0.2, 0.25) is 0 Å². The van der Waals surface area contributed by atoms with E-state index in [0.717, 1.165) is 37.9 Å². The number of carbonyl (C=O) groups is 1. The first kappa shape index (κ1) is 17.9. The number of hydrogen-bond acceptors (Lipinski definition) is 3. The summed E-state index contributed by atoms with van der Waals surface area (Å²) in [5.74, 6) is 0.432. The van der Waals surface area contributed by atoms with Gasteiger partial charge >= 0.3 is 0 Å². The summed E-state index contributed by atoms with van der Waals surface area (Å²) in [7, 11) is 0. The van der Waals surface area contributed by atoms with Crippen molar-refractivity contribution in [2.75, 3.05) is 26.2 Å². The van der Waals surface area contributed by atoms with Gasteiger partial charge in [-0.15, -0.1) is 0 Å². The van der Waals surface area contributed by atoms with E-state index in [1.807, 2.05) is 17.9 Å². The Morgan fingerprint density at radius 3 is 2.77 bits per heavy atom. The summed E-state index contributed by atoms with van der Waals surface area (Å²) in [5, 5.41) is 11.1. The molecule has 5 heteroatoms. The second kappa shape index (κ2) is 6.93. The van der Waals surface area contributed by atoms with Crippen molar-refractivity contribution in [1.29, 1.82) is 0 Å². The minimum atomic E-state index is -0.649. The Morgan fingerprint density at radius 2 is 2.04 bits per heavy atom. The summed E-state index contributed by atoms with van der Waals surface area (Å²) >= 11 is 0. The number of carbonyl (C=O) groups excluding carboxylic acids is 1. The molecule has 3 fully saturated rings. The number of benzene rings is 1. The number of rotatable bonds is 3. The summed E-state index contributed by atoms with van der Waals surface area (Å²) < 4.78 is 13.8. The van der Waals surface area contributed by atoms with E-state index in [1.54, 1.807) is 6.07 Å². The third-order valence-electron chi connectivity index (χ3n) is 6.89. The van der Waals surface area contributed by atoms with Crippen molar-refractivity contribution in [3.8, 4) is 0 Å². The van der Waals surface area contributed by atoms with Crippen LogP contribution < -0.4 is 0 Å². The van der Waals surface area contributed by atoms with E-state index in [1.165, 1.54) is 12.5 Å². The van der Waals surface area contributed by atoms with Gasteiger partial charge in [-0.05, 0) is 49.8 Å². The van der Waals surface area contributed by atoms with Gasteiger partial charge in [-0.1, -0.05) is 18.6 Å². The van der Waals surface area contributed by atoms with Crippen molar-refractivity contribution >= 4 is 5.91 Å². The van der Waals surface area contributed by atoms with E-state index < -0.39 is 5.60 Å². The van der Waals surface area contributed by atoms with Gasteiger partial charge in [0.15, 0.2) is 0 Å². The van der Waals surface area contributed by atoms with E-state index in [9.17, 15) is 14.3 Å². The van der Waals surface area contributed by atoms with Crippen LogP contribution >= 0.6 is 0 Å². The van der Waals surface area contributed by atoms with E-state index in [0.29, 0.717) is 31.6 Å². The maximum Gasteiger partial charge on any atom is 0.225 e. The lowest BCUT2D eigenvalue weighted by Gasteiger charge is -2.51. The molecule has 2 aliphatic heterocycles. The zero-order valence-electron chi connectivity index (χ0n) is 15.6. The van der Waals surface area contributed by atoms with Crippen molar-refractivity contribution in [2.45, 2.75) is 51.2 Å². The highest BCUT2D eigenvalue weighted by Crippen LogP contribution is 2.38. The first-order valence-corrected chi connectivity index (χ1v) is 9.94. The molecule has 2 atom stereocenters. The van der Waals surface area contributed by atoms with Gasteiger partial charge < -0.3 is 10.0 Å². The summed E-state index contributed by atoms with van der Waals surface area (Å²) in [5.41, 5.74) is 1.07. The molecule has 1 aromatic rings. The molecule has 1 amide bonds. The number of nitrogens with zero attached hydrogens (tertiary/aromatic N) is 2. The number of fused-ring (bicyclic) bond motifs is 1. The average Bonchev–Trinajstić information content (AvgIpc) is 2.57. The number of piperidine rings is 2. The maximum absolute atomic E-state index is 13.8. The molecule has 2 heterocycles. The highest BCUT2D eigenvalue weighted by atomic mass is 19.1. The zero-order valence-corrected chi connectivity index (χ0v) is 15.6.